The number of H-pyrrole nitrogens is 1. The Morgan fingerprint density at radius 3 is 2.58 bits per heavy atom. The van der Waals surface area contributed by atoms with Gasteiger partial charge in [0.25, 0.3) is 0 Å². The van der Waals surface area contributed by atoms with Crippen LogP contribution in [0.4, 0.5) is 10.5 Å². The number of unbranched alkanes of at least 4 members (excludes halogenated alkanes) is 3. The summed E-state index contributed by atoms with van der Waals surface area (Å²) in [4.78, 5) is 30.8. The summed E-state index contributed by atoms with van der Waals surface area (Å²) >= 11 is 0. The van der Waals surface area contributed by atoms with Gasteiger partial charge >= 0.3 is 12.1 Å². The first-order valence-corrected chi connectivity index (χ1v) is 11.0. The molecule has 3 rings (SSSR count). The van der Waals surface area contributed by atoms with Crippen LogP contribution in [0.15, 0.2) is 36.4 Å². The molecule has 0 bridgehead atoms. The number of aromatic carboxylic acids is 1. The van der Waals surface area contributed by atoms with Crippen LogP contribution in [0.2, 0.25) is 0 Å². The molecule has 0 unspecified atom stereocenters. The second kappa shape index (κ2) is 11.1. The predicted octanol–water partition coefficient (Wildman–Crippen LogP) is 4.81. The maximum absolute atomic E-state index is 11.8. The number of benzene rings is 2. The predicted molar refractivity (Wildman–Crippen MR) is 127 cm³/mol. The third kappa shape index (κ3) is 6.31. The Hall–Kier alpha value is -3.88. The first-order chi connectivity index (χ1) is 15.9. The van der Waals surface area contributed by atoms with E-state index in [1.54, 1.807) is 43.3 Å². The highest BCUT2D eigenvalue weighted by Gasteiger charge is 2.13. The highest BCUT2D eigenvalue weighted by Crippen LogP contribution is 2.20. The van der Waals surface area contributed by atoms with Crippen LogP contribution < -0.4 is 10.6 Å². The molecule has 5 N–H and O–H groups in total. The van der Waals surface area contributed by atoms with Crippen molar-refractivity contribution in [3.63, 3.8) is 0 Å². The number of rotatable bonds is 10. The van der Waals surface area contributed by atoms with Crippen molar-refractivity contribution in [1.82, 2.24) is 15.3 Å². The van der Waals surface area contributed by atoms with Crippen molar-refractivity contribution in [2.75, 3.05) is 11.9 Å². The van der Waals surface area contributed by atoms with Crippen LogP contribution in [-0.4, -0.2) is 39.6 Å². The average molecular weight is 452 g/mol. The van der Waals surface area contributed by atoms with Crippen LogP contribution in [0.1, 0.15) is 59.9 Å². The van der Waals surface area contributed by atoms with Crippen molar-refractivity contribution < 1.29 is 19.4 Å². The third-order valence-electron chi connectivity index (χ3n) is 5.28. The van der Waals surface area contributed by atoms with Gasteiger partial charge in [0.1, 0.15) is 11.7 Å². The number of carbonyl (C=O) groups excluding carboxylic acids is 1. The minimum atomic E-state index is -0.975. The molecule has 174 valence electrons. The average Bonchev–Trinajstić information content (AvgIpc) is 3.22. The van der Waals surface area contributed by atoms with Gasteiger partial charge in [0.05, 0.1) is 29.7 Å². The summed E-state index contributed by atoms with van der Waals surface area (Å²) in [6.45, 7) is 4.62. The number of nitrogens with one attached hydrogen (secondary N) is 4. The number of alkyl carbamates (subject to hydrolysis) is 1. The number of hydrogen-bond acceptors (Lipinski definition) is 6. The molecular formula is C24H29N5O4. The van der Waals surface area contributed by atoms with Crippen molar-refractivity contribution in [2.24, 2.45) is 0 Å². The number of fused-ring (bicyclic) bond motifs is 1. The fourth-order valence-corrected chi connectivity index (χ4v) is 3.42. The zero-order valence-electron chi connectivity index (χ0n) is 18.8. The number of aryl methyl sites for hydroxylation is 1. The molecule has 3 aromatic rings. The monoisotopic (exact) mass is 451 g/mol. The van der Waals surface area contributed by atoms with Crippen LogP contribution in [-0.2, 0) is 11.3 Å². The minimum absolute atomic E-state index is 0.0258. The molecule has 0 aliphatic carbocycles. The van der Waals surface area contributed by atoms with Crippen LogP contribution in [0.25, 0.3) is 11.0 Å². The maximum atomic E-state index is 11.8. The summed E-state index contributed by atoms with van der Waals surface area (Å²) in [6.07, 6.45) is 3.45. The van der Waals surface area contributed by atoms with Gasteiger partial charge in [0.15, 0.2) is 0 Å². The molecule has 0 saturated heterocycles. The zero-order chi connectivity index (χ0) is 23.8. The molecule has 0 aliphatic heterocycles. The van der Waals surface area contributed by atoms with Crippen LogP contribution >= 0.6 is 0 Å². The van der Waals surface area contributed by atoms with E-state index in [9.17, 15) is 14.7 Å². The number of carbonyl (C=O) groups is 2. The number of aromatic amines is 1. The smallest absolute Gasteiger partial charge is 0.412 e. The standard InChI is InChI=1S/C24H29N5O4/c1-3-4-5-6-13-33-24(32)29-22(25)16-7-9-17(10-8-16)26-14-20-27-19-12-11-18(23(30)31)15(2)21(19)28-20/h7-12,26H,3-6,13-14H2,1-2H3,(H,27,28)(H,30,31)(H2,25,29,32). The lowest BCUT2D eigenvalue weighted by Crippen LogP contribution is -2.31. The second-order valence-electron chi connectivity index (χ2n) is 7.75. The van der Waals surface area contributed by atoms with Gasteiger partial charge in [0.2, 0.25) is 0 Å². The number of carboxylic acids is 1. The van der Waals surface area contributed by atoms with E-state index in [-0.39, 0.29) is 11.4 Å². The number of carboxylic acid groups (broad SMARTS) is 1. The number of ether oxygens (including phenoxy) is 1. The molecule has 0 atom stereocenters. The molecular weight excluding hydrogens is 422 g/mol. The second-order valence-corrected chi connectivity index (χ2v) is 7.75. The van der Waals surface area contributed by atoms with Crippen molar-refractivity contribution >= 4 is 34.6 Å². The van der Waals surface area contributed by atoms with Crippen molar-refractivity contribution in [3.8, 4) is 0 Å². The quantitative estimate of drug-likeness (QED) is 0.170. The van der Waals surface area contributed by atoms with E-state index in [1.165, 1.54) is 0 Å². The Labute approximate surface area is 192 Å². The van der Waals surface area contributed by atoms with Gasteiger partial charge in [-0.1, -0.05) is 26.2 Å². The van der Waals surface area contributed by atoms with Gasteiger partial charge in [-0.05, 0) is 55.3 Å². The highest BCUT2D eigenvalue weighted by molar-refractivity contribution is 6.04. The topological polar surface area (TPSA) is 140 Å². The molecule has 0 radical (unpaired) electrons. The number of amides is 1. The number of hydrogen-bond donors (Lipinski definition) is 5. The van der Waals surface area contributed by atoms with Gasteiger partial charge < -0.3 is 20.1 Å². The molecule has 2 aromatic carbocycles. The highest BCUT2D eigenvalue weighted by atomic mass is 16.5. The van der Waals surface area contributed by atoms with Crippen LogP contribution in [0, 0.1) is 12.3 Å². The first-order valence-electron chi connectivity index (χ1n) is 11.0. The van der Waals surface area contributed by atoms with Crippen molar-refractivity contribution in [2.45, 2.75) is 46.1 Å². The van der Waals surface area contributed by atoms with Crippen LogP contribution in [0.3, 0.4) is 0 Å². The molecule has 1 aromatic heterocycles. The lowest BCUT2D eigenvalue weighted by molar-refractivity contribution is 0.0696. The Bertz CT molecular complexity index is 1140. The molecule has 33 heavy (non-hydrogen) atoms. The third-order valence-corrected chi connectivity index (χ3v) is 5.28. The van der Waals surface area contributed by atoms with Gasteiger partial charge in [-0.15, -0.1) is 0 Å². The van der Waals surface area contributed by atoms with Gasteiger partial charge in [-0.3, -0.25) is 10.7 Å². The summed E-state index contributed by atoms with van der Waals surface area (Å²) in [7, 11) is 0. The summed E-state index contributed by atoms with van der Waals surface area (Å²) in [6, 6.07) is 10.4. The molecule has 0 saturated carbocycles. The van der Waals surface area contributed by atoms with Gasteiger partial charge in [0, 0.05) is 11.3 Å². The lowest BCUT2D eigenvalue weighted by atomic mass is 10.1. The maximum Gasteiger partial charge on any atom is 0.412 e. The number of amidine groups is 1. The Kier molecular flexibility index (Phi) is 8.01. The van der Waals surface area contributed by atoms with E-state index < -0.39 is 12.1 Å². The van der Waals surface area contributed by atoms with E-state index in [2.05, 4.69) is 27.5 Å². The molecule has 9 nitrogen and oxygen atoms in total. The first kappa shape index (κ1) is 23.8. The fourth-order valence-electron chi connectivity index (χ4n) is 3.42. The number of anilines is 1. The van der Waals surface area contributed by atoms with E-state index in [0.29, 0.717) is 35.6 Å². The van der Waals surface area contributed by atoms with Crippen molar-refractivity contribution in [1.29, 1.82) is 5.41 Å². The normalized spacial score (nSPS) is 10.7. The summed E-state index contributed by atoms with van der Waals surface area (Å²) in [5.41, 5.74) is 3.65. The number of nitrogens with zero attached hydrogens (tertiary/aromatic N) is 1. The fraction of sp³-hybridized carbons (Fsp3) is 0.333. The molecule has 1 amide bonds. The van der Waals surface area contributed by atoms with E-state index >= 15 is 0 Å². The van der Waals surface area contributed by atoms with E-state index in [0.717, 1.165) is 36.9 Å². The molecule has 9 heteroatoms. The van der Waals surface area contributed by atoms with Crippen LogP contribution in [0.5, 0.6) is 0 Å². The van der Waals surface area contributed by atoms with Gasteiger partial charge in [-0.25, -0.2) is 14.6 Å². The van der Waals surface area contributed by atoms with E-state index in [4.69, 9.17) is 10.1 Å². The summed E-state index contributed by atoms with van der Waals surface area (Å²) < 4.78 is 5.10. The zero-order valence-corrected chi connectivity index (χ0v) is 18.8. The summed E-state index contributed by atoms with van der Waals surface area (Å²) in [5.74, 6) is -0.324. The van der Waals surface area contributed by atoms with Gasteiger partial charge in [-0.2, -0.15) is 0 Å². The summed E-state index contributed by atoms with van der Waals surface area (Å²) in [5, 5.41) is 23.0. The SMILES string of the molecule is CCCCCCOC(=O)NC(=N)c1ccc(NCc2nc3c(C)c(C(=O)O)ccc3[nH]2)cc1. The minimum Gasteiger partial charge on any atom is -0.478 e. The number of imidazole rings is 1. The number of aromatic nitrogens is 2. The molecule has 1 heterocycles. The molecule has 0 aliphatic rings. The van der Waals surface area contributed by atoms with Crippen molar-refractivity contribution in [3.05, 3.63) is 58.9 Å². The Balaban J connectivity index is 1.52. The lowest BCUT2D eigenvalue weighted by Gasteiger charge is -2.09. The largest absolute Gasteiger partial charge is 0.478 e. The Morgan fingerprint density at radius 2 is 1.88 bits per heavy atom. The van der Waals surface area contributed by atoms with E-state index in [1.807, 2.05) is 0 Å². The molecule has 0 spiro atoms. The Morgan fingerprint density at radius 1 is 1.12 bits per heavy atom. The molecule has 0 fully saturated rings.